The molecule has 4 atom stereocenters. The van der Waals surface area contributed by atoms with Crippen LogP contribution >= 0.6 is 0 Å². The van der Waals surface area contributed by atoms with Crippen LogP contribution in [-0.4, -0.2) is 12.6 Å². The lowest BCUT2D eigenvalue weighted by Gasteiger charge is -2.38. The van der Waals surface area contributed by atoms with Gasteiger partial charge in [0.15, 0.2) is 0 Å². The van der Waals surface area contributed by atoms with Crippen molar-refractivity contribution in [3.63, 3.8) is 0 Å². The molecule has 0 aromatic heterocycles. The van der Waals surface area contributed by atoms with Gasteiger partial charge in [-0.2, -0.15) is 0 Å². The van der Waals surface area contributed by atoms with Crippen molar-refractivity contribution in [3.05, 3.63) is 0 Å². The van der Waals surface area contributed by atoms with Crippen molar-refractivity contribution >= 4 is 0 Å². The molecule has 1 aliphatic carbocycles. The largest absolute Gasteiger partial charge is 0.313 e. The summed E-state index contributed by atoms with van der Waals surface area (Å²) in [4.78, 5) is 0. The van der Waals surface area contributed by atoms with Gasteiger partial charge in [0.05, 0.1) is 0 Å². The summed E-state index contributed by atoms with van der Waals surface area (Å²) in [6, 6.07) is 0.857. The molecule has 2 rings (SSSR count). The van der Waals surface area contributed by atoms with Crippen LogP contribution in [0.5, 0.6) is 0 Å². The van der Waals surface area contributed by atoms with Crippen molar-refractivity contribution in [2.45, 2.75) is 64.8 Å². The molecule has 2 fully saturated rings. The first-order valence-corrected chi connectivity index (χ1v) is 7.03. The number of rotatable bonds is 2. The highest BCUT2D eigenvalue weighted by Gasteiger charge is 2.29. The van der Waals surface area contributed by atoms with Crippen molar-refractivity contribution in [1.29, 1.82) is 0 Å². The molecule has 4 unspecified atom stereocenters. The fraction of sp³-hybridized carbons (Fsp3) is 1.00. The van der Waals surface area contributed by atoms with Crippen molar-refractivity contribution in [2.24, 2.45) is 17.8 Å². The monoisotopic (exact) mass is 209 g/mol. The summed E-state index contributed by atoms with van der Waals surface area (Å²) in [7, 11) is 0. The smallest absolute Gasteiger partial charge is 0.00956 e. The summed E-state index contributed by atoms with van der Waals surface area (Å²) in [5.41, 5.74) is 0. The maximum absolute atomic E-state index is 3.78. The third kappa shape index (κ3) is 2.96. The summed E-state index contributed by atoms with van der Waals surface area (Å²) < 4.78 is 0. The summed E-state index contributed by atoms with van der Waals surface area (Å²) in [5.74, 6) is 2.94. The van der Waals surface area contributed by atoms with Gasteiger partial charge >= 0.3 is 0 Å². The fourth-order valence-electron chi connectivity index (χ4n) is 3.49. The van der Waals surface area contributed by atoms with E-state index in [2.05, 4.69) is 19.2 Å². The average molecular weight is 209 g/mol. The van der Waals surface area contributed by atoms with E-state index in [0.29, 0.717) is 0 Å². The Morgan fingerprint density at radius 1 is 1.13 bits per heavy atom. The van der Waals surface area contributed by atoms with Crippen molar-refractivity contribution < 1.29 is 0 Å². The van der Waals surface area contributed by atoms with Gasteiger partial charge in [-0.05, 0) is 50.0 Å². The van der Waals surface area contributed by atoms with Gasteiger partial charge in [-0.3, -0.25) is 0 Å². The van der Waals surface area contributed by atoms with Crippen LogP contribution in [0.25, 0.3) is 0 Å². The second-order valence-corrected chi connectivity index (χ2v) is 5.90. The van der Waals surface area contributed by atoms with Gasteiger partial charge in [-0.1, -0.05) is 33.1 Å². The molecule has 0 amide bonds. The molecule has 1 N–H and O–H groups in total. The molecule has 1 nitrogen and oxygen atoms in total. The van der Waals surface area contributed by atoms with Gasteiger partial charge < -0.3 is 5.32 Å². The normalized spacial score (nSPS) is 42.8. The number of hydrogen-bond acceptors (Lipinski definition) is 1. The lowest BCUT2D eigenvalue weighted by molar-refractivity contribution is 0.174. The van der Waals surface area contributed by atoms with Gasteiger partial charge in [-0.25, -0.2) is 0 Å². The Labute approximate surface area is 95.0 Å². The lowest BCUT2D eigenvalue weighted by atomic mass is 9.74. The molecular formula is C14H27N. The Kier molecular flexibility index (Phi) is 4.07. The average Bonchev–Trinajstić information content (AvgIpc) is 2.30. The SMILES string of the molecule is CCC1CCCC(C2CCC(C)CN2)C1. The van der Waals surface area contributed by atoms with Crippen molar-refractivity contribution in [3.8, 4) is 0 Å². The molecule has 1 aliphatic heterocycles. The van der Waals surface area contributed by atoms with E-state index in [-0.39, 0.29) is 0 Å². The number of hydrogen-bond donors (Lipinski definition) is 1. The Bertz CT molecular complexity index is 182. The van der Waals surface area contributed by atoms with Crippen LogP contribution in [0.4, 0.5) is 0 Å². The highest BCUT2D eigenvalue weighted by atomic mass is 14.9. The second kappa shape index (κ2) is 5.34. The molecule has 0 bridgehead atoms. The predicted octanol–water partition coefficient (Wildman–Crippen LogP) is 3.59. The van der Waals surface area contributed by atoms with Gasteiger partial charge in [0.1, 0.15) is 0 Å². The van der Waals surface area contributed by atoms with E-state index in [9.17, 15) is 0 Å². The first kappa shape index (κ1) is 11.4. The minimum absolute atomic E-state index is 0.857. The topological polar surface area (TPSA) is 12.0 Å². The van der Waals surface area contributed by atoms with Crippen LogP contribution < -0.4 is 5.32 Å². The van der Waals surface area contributed by atoms with Gasteiger partial charge in [-0.15, -0.1) is 0 Å². The van der Waals surface area contributed by atoms with E-state index >= 15 is 0 Å². The molecule has 1 saturated heterocycles. The molecule has 15 heavy (non-hydrogen) atoms. The predicted molar refractivity (Wildman–Crippen MR) is 65.9 cm³/mol. The number of piperidine rings is 1. The molecule has 1 heterocycles. The first-order valence-electron chi connectivity index (χ1n) is 7.03. The molecular weight excluding hydrogens is 182 g/mol. The second-order valence-electron chi connectivity index (χ2n) is 5.90. The summed E-state index contributed by atoms with van der Waals surface area (Å²) in [5, 5.41) is 3.78. The Morgan fingerprint density at radius 2 is 2.00 bits per heavy atom. The lowest BCUT2D eigenvalue weighted by Crippen LogP contribution is -2.44. The van der Waals surface area contributed by atoms with Crippen LogP contribution in [0.15, 0.2) is 0 Å². The third-order valence-electron chi connectivity index (χ3n) is 4.67. The standard InChI is InChI=1S/C14H27N/c1-3-12-5-4-6-13(9-12)14-8-7-11(2)10-15-14/h11-15H,3-10H2,1-2H3. The Balaban J connectivity index is 1.82. The van der Waals surface area contributed by atoms with Crippen LogP contribution in [-0.2, 0) is 0 Å². The van der Waals surface area contributed by atoms with Crippen molar-refractivity contribution in [1.82, 2.24) is 5.32 Å². The molecule has 0 aromatic rings. The van der Waals surface area contributed by atoms with Crippen LogP contribution in [0.3, 0.4) is 0 Å². The van der Waals surface area contributed by atoms with E-state index < -0.39 is 0 Å². The van der Waals surface area contributed by atoms with Crippen LogP contribution in [0.2, 0.25) is 0 Å². The first-order chi connectivity index (χ1) is 7.29. The van der Waals surface area contributed by atoms with E-state index in [1.165, 1.54) is 51.5 Å². The third-order valence-corrected chi connectivity index (χ3v) is 4.67. The summed E-state index contributed by atoms with van der Waals surface area (Å²) in [6.45, 7) is 6.00. The molecule has 2 aliphatic rings. The maximum atomic E-state index is 3.78. The highest BCUT2D eigenvalue weighted by molar-refractivity contribution is 4.85. The quantitative estimate of drug-likeness (QED) is 0.733. The van der Waals surface area contributed by atoms with Gasteiger partial charge in [0.2, 0.25) is 0 Å². The van der Waals surface area contributed by atoms with Crippen molar-refractivity contribution in [2.75, 3.05) is 6.54 Å². The zero-order valence-electron chi connectivity index (χ0n) is 10.5. The highest BCUT2D eigenvalue weighted by Crippen LogP contribution is 2.35. The fourth-order valence-corrected chi connectivity index (χ4v) is 3.49. The molecule has 1 heteroatoms. The molecule has 88 valence electrons. The molecule has 0 aromatic carbocycles. The summed E-state index contributed by atoms with van der Waals surface area (Å²) >= 11 is 0. The van der Waals surface area contributed by atoms with E-state index in [4.69, 9.17) is 0 Å². The zero-order chi connectivity index (χ0) is 10.7. The van der Waals surface area contributed by atoms with E-state index in [1.807, 2.05) is 0 Å². The Morgan fingerprint density at radius 3 is 2.67 bits per heavy atom. The maximum Gasteiger partial charge on any atom is 0.00956 e. The van der Waals surface area contributed by atoms with E-state index in [1.54, 1.807) is 0 Å². The van der Waals surface area contributed by atoms with Crippen LogP contribution in [0.1, 0.15) is 58.8 Å². The van der Waals surface area contributed by atoms with E-state index in [0.717, 1.165) is 23.8 Å². The van der Waals surface area contributed by atoms with Gasteiger partial charge in [0.25, 0.3) is 0 Å². The molecule has 1 saturated carbocycles. The Hall–Kier alpha value is -0.0400. The molecule has 0 radical (unpaired) electrons. The summed E-state index contributed by atoms with van der Waals surface area (Å²) in [6.07, 6.45) is 10.3. The van der Waals surface area contributed by atoms with Gasteiger partial charge in [0, 0.05) is 6.04 Å². The zero-order valence-corrected chi connectivity index (χ0v) is 10.5. The van der Waals surface area contributed by atoms with Crippen LogP contribution in [0, 0.1) is 17.8 Å². The number of nitrogens with one attached hydrogen (secondary N) is 1. The minimum Gasteiger partial charge on any atom is -0.313 e. The minimum atomic E-state index is 0.857. The molecule has 0 spiro atoms.